The Labute approximate surface area is 135 Å². The summed E-state index contributed by atoms with van der Waals surface area (Å²) in [5, 5.41) is 33.2. The van der Waals surface area contributed by atoms with Gasteiger partial charge in [-0.1, -0.05) is 18.2 Å². The molecule has 1 aromatic rings. The zero-order valence-corrected chi connectivity index (χ0v) is 13.5. The first-order valence-corrected chi connectivity index (χ1v) is 7.17. The van der Waals surface area contributed by atoms with Gasteiger partial charge in [-0.15, -0.1) is 0 Å². The highest BCUT2D eigenvalue weighted by Crippen LogP contribution is 2.35. The van der Waals surface area contributed by atoms with Crippen LogP contribution in [0.15, 0.2) is 35.3 Å². The van der Waals surface area contributed by atoms with Crippen molar-refractivity contribution >= 4 is 11.6 Å². The highest BCUT2D eigenvalue weighted by molar-refractivity contribution is 6.05. The van der Waals surface area contributed by atoms with E-state index in [-0.39, 0.29) is 16.3 Å². The van der Waals surface area contributed by atoms with Gasteiger partial charge in [-0.3, -0.25) is 9.79 Å². The third-order valence-corrected chi connectivity index (χ3v) is 3.91. The maximum absolute atomic E-state index is 12.4. The van der Waals surface area contributed by atoms with Crippen LogP contribution in [0.3, 0.4) is 0 Å². The Morgan fingerprint density at radius 1 is 1.35 bits per heavy atom. The molecule has 0 saturated carbocycles. The zero-order chi connectivity index (χ0) is 17.4. The SMILES string of the molecule is CC1(C)N=C(C(C#N)N([O-])C(=O)c2ccccc2)C(C)(C)N1O. The van der Waals surface area contributed by atoms with E-state index in [9.17, 15) is 20.5 Å². The van der Waals surface area contributed by atoms with E-state index in [1.54, 1.807) is 45.9 Å². The fourth-order valence-corrected chi connectivity index (χ4v) is 2.72. The lowest BCUT2D eigenvalue weighted by Crippen LogP contribution is -2.54. The van der Waals surface area contributed by atoms with Crippen molar-refractivity contribution in [3.8, 4) is 6.07 Å². The van der Waals surface area contributed by atoms with E-state index in [0.717, 1.165) is 5.06 Å². The molecule has 1 aromatic carbocycles. The van der Waals surface area contributed by atoms with Gasteiger partial charge in [0.2, 0.25) is 5.91 Å². The predicted octanol–water partition coefficient (Wildman–Crippen LogP) is 2.18. The number of hydrogen-bond donors (Lipinski definition) is 1. The van der Waals surface area contributed by atoms with Crippen molar-refractivity contribution in [3.63, 3.8) is 0 Å². The quantitative estimate of drug-likeness (QED) is 0.861. The minimum atomic E-state index is -1.41. The van der Waals surface area contributed by atoms with Crippen LogP contribution < -0.4 is 0 Å². The molecule has 122 valence electrons. The van der Waals surface area contributed by atoms with Gasteiger partial charge in [-0.05, 0) is 39.8 Å². The summed E-state index contributed by atoms with van der Waals surface area (Å²) in [6, 6.07) is 8.44. The summed E-state index contributed by atoms with van der Waals surface area (Å²) in [5.74, 6) is -0.815. The molecule has 1 heterocycles. The molecule has 1 atom stereocenters. The Hall–Kier alpha value is -2.27. The maximum Gasteiger partial charge on any atom is 0.244 e. The Kier molecular flexibility index (Phi) is 4.26. The summed E-state index contributed by atoms with van der Waals surface area (Å²) >= 11 is 0. The second-order valence-corrected chi connectivity index (χ2v) is 6.39. The molecule has 23 heavy (non-hydrogen) atoms. The molecule has 0 saturated heterocycles. The van der Waals surface area contributed by atoms with Crippen molar-refractivity contribution in [2.75, 3.05) is 0 Å². The number of nitriles is 1. The first-order valence-electron chi connectivity index (χ1n) is 7.17. The highest BCUT2D eigenvalue weighted by Gasteiger charge is 2.50. The van der Waals surface area contributed by atoms with Crippen molar-refractivity contribution in [2.24, 2.45) is 4.99 Å². The van der Waals surface area contributed by atoms with E-state index in [0.29, 0.717) is 0 Å². The highest BCUT2D eigenvalue weighted by atomic mass is 16.5. The van der Waals surface area contributed by atoms with Crippen LogP contribution in [0.1, 0.15) is 38.1 Å². The molecule has 1 N–H and O–H groups in total. The maximum atomic E-state index is 12.4. The van der Waals surface area contributed by atoms with Crippen LogP contribution in [0.2, 0.25) is 0 Å². The van der Waals surface area contributed by atoms with Crippen molar-refractivity contribution in [3.05, 3.63) is 41.1 Å². The molecule has 2 rings (SSSR count). The summed E-state index contributed by atoms with van der Waals surface area (Å²) in [6.45, 7) is 6.60. The van der Waals surface area contributed by atoms with Gasteiger partial charge in [0.25, 0.3) is 0 Å². The number of amides is 1. The minimum Gasteiger partial charge on any atom is -0.755 e. The van der Waals surface area contributed by atoms with Crippen LogP contribution in [0.4, 0.5) is 0 Å². The molecular weight excluding hydrogens is 296 g/mol. The molecule has 0 radical (unpaired) electrons. The number of carbonyl (C=O) groups excluding carboxylic acids is 1. The van der Waals surface area contributed by atoms with E-state index < -0.39 is 23.2 Å². The van der Waals surface area contributed by atoms with Crippen molar-refractivity contribution in [1.82, 2.24) is 10.1 Å². The van der Waals surface area contributed by atoms with E-state index in [1.807, 2.05) is 6.07 Å². The van der Waals surface area contributed by atoms with E-state index in [1.165, 1.54) is 12.1 Å². The van der Waals surface area contributed by atoms with Gasteiger partial charge >= 0.3 is 0 Å². The number of carbonyl (C=O) groups is 1. The summed E-state index contributed by atoms with van der Waals surface area (Å²) < 4.78 is 0. The zero-order valence-electron chi connectivity index (χ0n) is 13.5. The molecule has 0 spiro atoms. The second kappa shape index (κ2) is 5.74. The van der Waals surface area contributed by atoms with E-state index in [2.05, 4.69) is 4.99 Å². The van der Waals surface area contributed by atoms with Gasteiger partial charge in [-0.25, -0.2) is 0 Å². The normalized spacial score (nSPS) is 20.5. The largest absolute Gasteiger partial charge is 0.755 e. The molecule has 1 aliphatic heterocycles. The van der Waals surface area contributed by atoms with Crippen LogP contribution in [0.5, 0.6) is 0 Å². The van der Waals surface area contributed by atoms with Gasteiger partial charge < -0.3 is 15.5 Å². The third-order valence-electron chi connectivity index (χ3n) is 3.91. The first-order chi connectivity index (χ1) is 10.6. The summed E-state index contributed by atoms with van der Waals surface area (Å²) in [5.41, 5.74) is -1.67. The lowest BCUT2D eigenvalue weighted by Gasteiger charge is -2.38. The van der Waals surface area contributed by atoms with Gasteiger partial charge in [0.1, 0.15) is 11.7 Å². The summed E-state index contributed by atoms with van der Waals surface area (Å²) in [7, 11) is 0. The number of hydrogen-bond acceptors (Lipinski definition) is 6. The second-order valence-electron chi connectivity index (χ2n) is 6.39. The number of benzene rings is 1. The predicted molar refractivity (Wildman–Crippen MR) is 84.6 cm³/mol. The van der Waals surface area contributed by atoms with E-state index in [4.69, 9.17) is 0 Å². The molecule has 7 heteroatoms. The van der Waals surface area contributed by atoms with Crippen LogP contribution in [-0.4, -0.2) is 44.2 Å². The molecule has 0 fully saturated rings. The number of nitrogens with zero attached hydrogens (tertiary/aromatic N) is 4. The van der Waals surface area contributed by atoms with Gasteiger partial charge in [-0.2, -0.15) is 10.3 Å². The Morgan fingerprint density at radius 3 is 2.35 bits per heavy atom. The number of aliphatic imine (C=N–C) groups is 1. The number of rotatable bonds is 3. The molecule has 0 aliphatic carbocycles. The average Bonchev–Trinajstić information content (AvgIpc) is 2.68. The van der Waals surface area contributed by atoms with Gasteiger partial charge in [0.15, 0.2) is 0 Å². The summed E-state index contributed by atoms with van der Waals surface area (Å²) in [6.07, 6.45) is 0. The van der Waals surface area contributed by atoms with E-state index >= 15 is 0 Å². The topological polar surface area (TPSA) is 103 Å². The van der Waals surface area contributed by atoms with Crippen molar-refractivity contribution < 1.29 is 10.0 Å². The molecule has 1 amide bonds. The molecule has 0 aromatic heterocycles. The smallest absolute Gasteiger partial charge is 0.244 e. The van der Waals surface area contributed by atoms with Crippen LogP contribution in [-0.2, 0) is 0 Å². The Bertz CT molecular complexity index is 676. The van der Waals surface area contributed by atoms with Crippen molar-refractivity contribution in [1.29, 1.82) is 5.26 Å². The van der Waals surface area contributed by atoms with Crippen LogP contribution in [0, 0.1) is 16.5 Å². The minimum absolute atomic E-state index is 0.116. The van der Waals surface area contributed by atoms with Crippen molar-refractivity contribution in [2.45, 2.75) is 44.9 Å². The van der Waals surface area contributed by atoms with Gasteiger partial charge in [0, 0.05) is 5.56 Å². The lowest BCUT2D eigenvalue weighted by molar-refractivity contribution is -0.188. The standard InChI is InChI=1S/C16H19N4O3/c1-15(2)13(18-16(3,4)20(15)23)12(10-17)19(22)14(21)11-8-6-5-7-9-11/h5-9,12,23H,1-4H3/q-1. The first kappa shape index (κ1) is 17.1. The van der Waals surface area contributed by atoms with Gasteiger partial charge in [0.05, 0.1) is 17.3 Å². The number of hydroxylamine groups is 4. The fraction of sp³-hybridized carbons (Fsp3) is 0.438. The van der Waals surface area contributed by atoms with Crippen LogP contribution in [0.25, 0.3) is 0 Å². The molecule has 1 aliphatic rings. The lowest BCUT2D eigenvalue weighted by atomic mass is 9.93. The molecular formula is C16H19N4O3-. The Balaban J connectivity index is 2.37. The molecule has 7 nitrogen and oxygen atoms in total. The Morgan fingerprint density at radius 2 is 1.91 bits per heavy atom. The third kappa shape index (κ3) is 2.84. The summed E-state index contributed by atoms with van der Waals surface area (Å²) in [4.78, 5) is 16.6. The average molecular weight is 315 g/mol. The van der Waals surface area contributed by atoms with Crippen LogP contribution >= 0.6 is 0 Å². The molecule has 1 unspecified atom stereocenters. The monoisotopic (exact) mass is 315 g/mol. The molecule has 0 bridgehead atoms. The fourth-order valence-electron chi connectivity index (χ4n) is 2.72.